The van der Waals surface area contributed by atoms with Crippen molar-refractivity contribution < 1.29 is 29.4 Å². The van der Waals surface area contributed by atoms with Gasteiger partial charge in [-0.15, -0.1) is 6.42 Å². The Balaban J connectivity index is 1.21. The highest BCUT2D eigenvalue weighted by Gasteiger charge is 2.63. The molecule has 0 unspecified atom stereocenters. The summed E-state index contributed by atoms with van der Waals surface area (Å²) < 4.78 is 5.08. The van der Waals surface area contributed by atoms with Crippen molar-refractivity contribution in [1.82, 2.24) is 5.32 Å². The molecule has 3 saturated carbocycles. The molecule has 0 radical (unpaired) electrons. The SMILES string of the molecule is C#C[C@@]1(O)CC[C@@H]2[C@@H]3CCC4=C/C(=N/OCC(=O)N[C@H](C(=O)OCC)[C@H](O)c5ccccc5)CC[C@]4(C)[C@@H]3CC[C@@]21C. The number of oxime groups is 1. The maximum Gasteiger partial charge on any atom is 0.331 e. The quantitative estimate of drug-likeness (QED) is 0.239. The molecule has 42 heavy (non-hydrogen) atoms. The number of nitrogens with one attached hydrogen (secondary N) is 1. The number of rotatable bonds is 8. The molecule has 0 aliphatic heterocycles. The fraction of sp³-hybridized carbons (Fsp3) is 0.618. The summed E-state index contributed by atoms with van der Waals surface area (Å²) >= 11 is 0. The molecule has 0 spiro atoms. The zero-order valence-electron chi connectivity index (χ0n) is 25.0. The molecule has 4 aliphatic carbocycles. The average molecular weight is 577 g/mol. The summed E-state index contributed by atoms with van der Waals surface area (Å²) in [6.45, 7) is 6.01. The van der Waals surface area contributed by atoms with Crippen LogP contribution >= 0.6 is 0 Å². The number of fused-ring (bicyclic) bond motifs is 5. The molecule has 0 bridgehead atoms. The van der Waals surface area contributed by atoms with E-state index in [1.54, 1.807) is 37.3 Å². The van der Waals surface area contributed by atoms with E-state index in [2.05, 4.69) is 36.3 Å². The predicted octanol–water partition coefficient (Wildman–Crippen LogP) is 4.47. The number of amides is 1. The number of aliphatic hydroxyl groups is 2. The normalized spacial score (nSPS) is 35.9. The Bertz CT molecular complexity index is 1290. The lowest BCUT2D eigenvalue weighted by Gasteiger charge is -2.58. The molecule has 0 heterocycles. The fourth-order valence-electron chi connectivity index (χ4n) is 8.63. The molecule has 1 amide bonds. The van der Waals surface area contributed by atoms with Crippen molar-refractivity contribution in [2.45, 2.75) is 89.9 Å². The highest BCUT2D eigenvalue weighted by Crippen LogP contribution is 2.67. The monoisotopic (exact) mass is 576 g/mol. The minimum absolute atomic E-state index is 0.0813. The summed E-state index contributed by atoms with van der Waals surface area (Å²) in [6.07, 6.45) is 14.2. The number of allylic oxidation sites excluding steroid dienone is 2. The van der Waals surface area contributed by atoms with Crippen LogP contribution in [-0.4, -0.2) is 52.7 Å². The fourth-order valence-corrected chi connectivity index (χ4v) is 8.63. The molecule has 8 atom stereocenters. The number of hydrogen-bond acceptors (Lipinski definition) is 7. The van der Waals surface area contributed by atoms with E-state index in [-0.39, 0.29) is 24.0 Å². The van der Waals surface area contributed by atoms with Gasteiger partial charge in [0.25, 0.3) is 5.91 Å². The molecule has 3 N–H and O–H groups in total. The van der Waals surface area contributed by atoms with Crippen molar-refractivity contribution in [3.8, 4) is 12.3 Å². The number of aliphatic hydroxyl groups excluding tert-OH is 1. The third kappa shape index (κ3) is 5.26. The van der Waals surface area contributed by atoms with E-state index < -0.39 is 29.6 Å². The predicted molar refractivity (Wildman–Crippen MR) is 159 cm³/mol. The Hall–Kier alpha value is -3.15. The first-order valence-corrected chi connectivity index (χ1v) is 15.4. The number of carbonyl (C=O) groups is 2. The minimum Gasteiger partial charge on any atom is -0.464 e. The average Bonchev–Trinajstić information content (AvgIpc) is 3.27. The Morgan fingerprint density at radius 2 is 1.86 bits per heavy atom. The van der Waals surface area contributed by atoms with Crippen molar-refractivity contribution in [2.24, 2.45) is 33.7 Å². The van der Waals surface area contributed by atoms with Gasteiger partial charge in [0.05, 0.1) is 12.3 Å². The van der Waals surface area contributed by atoms with Crippen molar-refractivity contribution in [3.63, 3.8) is 0 Å². The van der Waals surface area contributed by atoms with E-state index in [1.165, 1.54) is 5.57 Å². The van der Waals surface area contributed by atoms with Crippen LogP contribution in [-0.2, 0) is 19.2 Å². The summed E-state index contributed by atoms with van der Waals surface area (Å²) in [4.78, 5) is 30.6. The van der Waals surface area contributed by atoms with Crippen LogP contribution in [0, 0.1) is 40.9 Å². The van der Waals surface area contributed by atoms with Gasteiger partial charge in [-0.1, -0.05) is 60.8 Å². The molecule has 0 aromatic heterocycles. The first kappa shape index (κ1) is 30.3. The second-order valence-electron chi connectivity index (χ2n) is 13.0. The number of nitrogens with zero attached hydrogens (tertiary/aromatic N) is 1. The van der Waals surface area contributed by atoms with Crippen LogP contribution in [0.3, 0.4) is 0 Å². The second-order valence-corrected chi connectivity index (χ2v) is 13.0. The number of carbonyl (C=O) groups excluding carboxylic acids is 2. The van der Waals surface area contributed by atoms with E-state index in [0.29, 0.717) is 29.7 Å². The summed E-state index contributed by atoms with van der Waals surface area (Å²) in [5, 5.41) is 28.8. The Morgan fingerprint density at radius 3 is 2.57 bits per heavy atom. The van der Waals surface area contributed by atoms with Crippen LogP contribution in [0.5, 0.6) is 0 Å². The molecule has 8 heteroatoms. The molecule has 4 aliphatic rings. The van der Waals surface area contributed by atoms with Gasteiger partial charge < -0.3 is 25.1 Å². The van der Waals surface area contributed by atoms with E-state index in [9.17, 15) is 19.8 Å². The van der Waals surface area contributed by atoms with Crippen LogP contribution in [0.25, 0.3) is 0 Å². The number of hydrogen-bond donors (Lipinski definition) is 3. The molecular weight excluding hydrogens is 532 g/mol. The molecule has 8 nitrogen and oxygen atoms in total. The van der Waals surface area contributed by atoms with E-state index >= 15 is 0 Å². The Morgan fingerprint density at radius 1 is 1.12 bits per heavy atom. The molecule has 226 valence electrons. The van der Waals surface area contributed by atoms with Gasteiger partial charge in [-0.05, 0) is 93.1 Å². The summed E-state index contributed by atoms with van der Waals surface area (Å²) in [5.74, 6) is 3.03. The van der Waals surface area contributed by atoms with Crippen molar-refractivity contribution in [2.75, 3.05) is 13.2 Å². The topological polar surface area (TPSA) is 117 Å². The number of esters is 1. The van der Waals surface area contributed by atoms with Crippen LogP contribution in [0.15, 0.2) is 47.1 Å². The maximum absolute atomic E-state index is 12.7. The summed E-state index contributed by atoms with van der Waals surface area (Å²) in [5.41, 5.74) is 1.57. The number of benzene rings is 1. The second kappa shape index (κ2) is 11.9. The van der Waals surface area contributed by atoms with E-state index in [0.717, 1.165) is 50.7 Å². The van der Waals surface area contributed by atoms with Crippen LogP contribution in [0.4, 0.5) is 0 Å². The summed E-state index contributed by atoms with van der Waals surface area (Å²) in [7, 11) is 0. The number of terminal acetylenes is 1. The minimum atomic E-state index is -1.27. The van der Waals surface area contributed by atoms with Crippen LogP contribution < -0.4 is 5.32 Å². The largest absolute Gasteiger partial charge is 0.464 e. The standard InChI is InChI=1S/C34H44N2O6/c1-5-34(40)19-16-27-25-13-12-23-20-24(14-17-32(23,3)26(25)15-18-33(27,34)4)36-42-21-28(37)35-29(31(39)41-6-2)30(38)22-10-8-7-9-11-22/h1,7-11,20,25-27,29-30,38,40H,6,12-19,21H2,2-4H3,(H,35,37)/b36-24+/t25-,26-,27-,29+,30-,32+,33+,34-/m1/s1. The molecule has 5 rings (SSSR count). The molecule has 1 aromatic carbocycles. The van der Waals surface area contributed by atoms with Gasteiger partial charge >= 0.3 is 5.97 Å². The zero-order chi connectivity index (χ0) is 30.1. The van der Waals surface area contributed by atoms with Crippen molar-refractivity contribution >= 4 is 17.6 Å². The summed E-state index contributed by atoms with van der Waals surface area (Å²) in [6, 6.07) is 7.39. The Labute approximate surface area is 248 Å². The van der Waals surface area contributed by atoms with Crippen molar-refractivity contribution in [3.05, 3.63) is 47.5 Å². The van der Waals surface area contributed by atoms with Crippen molar-refractivity contribution in [1.29, 1.82) is 0 Å². The zero-order valence-corrected chi connectivity index (χ0v) is 25.0. The number of ether oxygens (including phenoxy) is 1. The van der Waals surface area contributed by atoms with Gasteiger partial charge in [0.2, 0.25) is 0 Å². The highest BCUT2D eigenvalue weighted by atomic mass is 16.6. The third-order valence-electron chi connectivity index (χ3n) is 11.1. The third-order valence-corrected chi connectivity index (χ3v) is 11.1. The van der Waals surface area contributed by atoms with Gasteiger partial charge in [-0.2, -0.15) is 0 Å². The van der Waals surface area contributed by atoms with Crippen LogP contribution in [0.2, 0.25) is 0 Å². The maximum atomic E-state index is 12.7. The molecule has 1 aromatic rings. The first-order chi connectivity index (χ1) is 20.1. The van der Waals surface area contributed by atoms with Crippen LogP contribution in [0.1, 0.15) is 83.8 Å². The molecular formula is C34H44N2O6. The molecule has 0 saturated heterocycles. The van der Waals surface area contributed by atoms with E-state index in [4.69, 9.17) is 16.0 Å². The Kier molecular flexibility index (Phi) is 8.55. The lowest BCUT2D eigenvalue weighted by Crippen LogP contribution is -2.54. The smallest absolute Gasteiger partial charge is 0.331 e. The van der Waals surface area contributed by atoms with Gasteiger partial charge in [-0.25, -0.2) is 4.79 Å². The first-order valence-electron chi connectivity index (χ1n) is 15.4. The lowest BCUT2D eigenvalue weighted by molar-refractivity contribution is -0.151. The van der Waals surface area contributed by atoms with Gasteiger partial charge in [-0.3, -0.25) is 4.79 Å². The highest BCUT2D eigenvalue weighted by molar-refractivity contribution is 5.96. The van der Waals surface area contributed by atoms with Gasteiger partial charge in [0.15, 0.2) is 12.6 Å². The molecule has 3 fully saturated rings. The lowest BCUT2D eigenvalue weighted by atomic mass is 9.46. The van der Waals surface area contributed by atoms with E-state index in [1.807, 2.05) is 0 Å². The van der Waals surface area contributed by atoms with Gasteiger partial charge in [0, 0.05) is 5.41 Å². The van der Waals surface area contributed by atoms with Gasteiger partial charge in [0.1, 0.15) is 11.7 Å².